The number of carbonyl (C=O) groups excluding carboxylic acids is 1. The van der Waals surface area contributed by atoms with Crippen LogP contribution < -0.4 is 10.1 Å². The zero-order valence-electron chi connectivity index (χ0n) is 20.2. The van der Waals surface area contributed by atoms with E-state index in [0.29, 0.717) is 23.8 Å². The number of nitrogens with one attached hydrogen (secondary N) is 1. The first kappa shape index (κ1) is 30.1. The van der Waals surface area contributed by atoms with Gasteiger partial charge in [-0.3, -0.25) is 9.98 Å². The van der Waals surface area contributed by atoms with Crippen molar-refractivity contribution in [2.24, 2.45) is 4.99 Å². The van der Waals surface area contributed by atoms with Crippen LogP contribution in [0.5, 0.6) is 5.75 Å². The van der Waals surface area contributed by atoms with E-state index in [0.717, 1.165) is 40.2 Å². The van der Waals surface area contributed by atoms with Gasteiger partial charge in [0.2, 0.25) is 0 Å². The van der Waals surface area contributed by atoms with Crippen LogP contribution in [0.4, 0.5) is 4.39 Å². The van der Waals surface area contributed by atoms with Crippen molar-refractivity contribution in [1.29, 1.82) is 0 Å². The molecule has 1 aromatic heterocycles. The van der Waals surface area contributed by atoms with Gasteiger partial charge in [-0.2, -0.15) is 0 Å². The number of allylic oxidation sites excluding steroid dienone is 5. The number of thioether (sulfide) groups is 1. The van der Waals surface area contributed by atoms with E-state index in [2.05, 4.69) is 30.4 Å². The Morgan fingerprint density at radius 1 is 1.34 bits per heavy atom. The molecule has 0 aliphatic carbocycles. The van der Waals surface area contributed by atoms with E-state index in [1.165, 1.54) is 6.08 Å². The fourth-order valence-electron chi connectivity index (χ4n) is 3.26. The third-order valence-corrected chi connectivity index (χ3v) is 6.20. The van der Waals surface area contributed by atoms with Crippen LogP contribution >= 0.6 is 23.4 Å². The van der Waals surface area contributed by atoms with Crippen LogP contribution in [-0.4, -0.2) is 46.9 Å². The first-order valence-electron chi connectivity index (χ1n) is 10.5. The van der Waals surface area contributed by atoms with Crippen LogP contribution in [0.3, 0.4) is 0 Å². The average molecular weight is 520 g/mol. The zero-order valence-corrected chi connectivity index (χ0v) is 21.8. The van der Waals surface area contributed by atoms with E-state index >= 15 is 0 Å². The third kappa shape index (κ3) is 9.68. The van der Waals surface area contributed by atoms with Gasteiger partial charge in [0.05, 0.1) is 10.6 Å². The quantitative estimate of drug-likeness (QED) is 0.393. The molecule has 1 atom stereocenters. The maximum atomic E-state index is 12.7. The van der Waals surface area contributed by atoms with E-state index in [-0.39, 0.29) is 5.54 Å². The van der Waals surface area contributed by atoms with Crippen molar-refractivity contribution in [3.63, 3.8) is 0 Å². The topological polar surface area (TPSA) is 83.8 Å². The summed E-state index contributed by atoms with van der Waals surface area (Å²) in [5, 5.41) is 12.7. The molecule has 1 unspecified atom stereocenters. The summed E-state index contributed by atoms with van der Waals surface area (Å²) < 4.78 is 18.7. The highest BCUT2D eigenvalue weighted by Gasteiger charge is 2.31. The molecule has 1 aliphatic rings. The second kappa shape index (κ2) is 15.1. The number of aliphatic imine (C=N–C) groups is 1. The molecule has 6 nitrogen and oxygen atoms in total. The standard InChI is InChI=1S/C24H25ClFN3OS.CH4O.CH2O/c1-16(26)7-5-8-17(2)28-18(3)13-24(4)15-31-22(29-24)14-30-21-11-10-20(25)19-9-6-12-27-23(19)21;2*1-2/h5-12,28H,1,3,13-15H2,2,4H3;2H,1H3;1H2/b7-5-,17-8+;;. The minimum atomic E-state index is -0.482. The molecule has 2 heterocycles. The predicted molar refractivity (Wildman–Crippen MR) is 146 cm³/mol. The second-order valence-electron chi connectivity index (χ2n) is 7.59. The van der Waals surface area contributed by atoms with Crippen LogP contribution in [-0.2, 0) is 4.79 Å². The van der Waals surface area contributed by atoms with Crippen molar-refractivity contribution in [2.75, 3.05) is 19.5 Å². The number of aromatic nitrogens is 1. The minimum absolute atomic E-state index is 0.267. The summed E-state index contributed by atoms with van der Waals surface area (Å²) >= 11 is 7.94. The van der Waals surface area contributed by atoms with Gasteiger partial charge >= 0.3 is 0 Å². The fraction of sp³-hybridized carbons (Fsp3) is 0.269. The number of hydrogen-bond acceptors (Lipinski definition) is 7. The number of ether oxygens (including phenoxy) is 1. The molecule has 9 heteroatoms. The zero-order chi connectivity index (χ0) is 26.4. The number of aliphatic hydroxyl groups excluding tert-OH is 1. The molecule has 0 bridgehead atoms. The van der Waals surface area contributed by atoms with Crippen LogP contribution in [0.2, 0.25) is 5.02 Å². The molecular weight excluding hydrogens is 489 g/mol. The number of rotatable bonds is 9. The molecule has 188 valence electrons. The summed E-state index contributed by atoms with van der Waals surface area (Å²) in [6.07, 6.45) is 7.09. The Balaban J connectivity index is 0.00000145. The number of nitrogens with zero attached hydrogens (tertiary/aromatic N) is 2. The molecule has 0 saturated heterocycles. The number of halogens is 2. The van der Waals surface area contributed by atoms with Gasteiger partial charge in [-0.15, -0.1) is 11.8 Å². The van der Waals surface area contributed by atoms with E-state index < -0.39 is 5.83 Å². The Labute approximate surface area is 215 Å². The largest absolute Gasteiger partial charge is 0.484 e. The van der Waals surface area contributed by atoms with Gasteiger partial charge in [0.1, 0.15) is 35.5 Å². The van der Waals surface area contributed by atoms with Gasteiger partial charge in [-0.1, -0.05) is 30.8 Å². The summed E-state index contributed by atoms with van der Waals surface area (Å²) in [6.45, 7) is 13.7. The molecule has 3 rings (SSSR count). The number of benzene rings is 1. The van der Waals surface area contributed by atoms with Crippen molar-refractivity contribution >= 4 is 46.1 Å². The van der Waals surface area contributed by atoms with E-state index in [1.54, 1.807) is 30.1 Å². The second-order valence-corrected chi connectivity index (χ2v) is 9.04. The van der Waals surface area contributed by atoms with Gasteiger partial charge in [-0.25, -0.2) is 4.39 Å². The molecule has 0 radical (unpaired) electrons. The molecule has 1 aromatic carbocycles. The lowest BCUT2D eigenvalue weighted by molar-refractivity contribution is -0.0980. The summed E-state index contributed by atoms with van der Waals surface area (Å²) in [4.78, 5) is 17.3. The van der Waals surface area contributed by atoms with Crippen LogP contribution in [0.1, 0.15) is 20.3 Å². The van der Waals surface area contributed by atoms with E-state index in [1.807, 2.05) is 38.0 Å². The molecule has 2 N–H and O–H groups in total. The SMILES string of the molecule is C=C(F)/C=C\C=C(/C)NC(=C)CC1(C)CSC(COc2ccc(Cl)c3cccnc23)=N1.C=O.CO. The maximum absolute atomic E-state index is 12.7. The maximum Gasteiger partial charge on any atom is 0.146 e. The first-order valence-corrected chi connectivity index (χ1v) is 11.9. The first-order chi connectivity index (χ1) is 16.8. The van der Waals surface area contributed by atoms with Gasteiger partial charge in [0.25, 0.3) is 0 Å². The summed E-state index contributed by atoms with van der Waals surface area (Å²) in [5.74, 6) is 1.05. The highest BCUT2D eigenvalue weighted by Crippen LogP contribution is 2.34. The van der Waals surface area contributed by atoms with E-state index in [4.69, 9.17) is 31.2 Å². The van der Waals surface area contributed by atoms with Crippen molar-refractivity contribution in [3.8, 4) is 5.75 Å². The van der Waals surface area contributed by atoms with Crippen molar-refractivity contribution in [3.05, 3.63) is 84.1 Å². The lowest BCUT2D eigenvalue weighted by atomic mass is 9.99. The molecule has 2 aromatic rings. The third-order valence-electron chi connectivity index (χ3n) is 4.57. The molecular formula is C26H31ClFN3O3S. The van der Waals surface area contributed by atoms with Crippen molar-refractivity contribution in [2.45, 2.75) is 25.8 Å². The number of fused-ring (bicyclic) bond motifs is 1. The van der Waals surface area contributed by atoms with Crippen molar-refractivity contribution < 1.29 is 19.0 Å². The lowest BCUT2D eigenvalue weighted by Gasteiger charge is -2.22. The Bertz CT molecular complexity index is 1120. The Kier molecular flexibility index (Phi) is 13.0. The predicted octanol–water partition coefficient (Wildman–Crippen LogP) is 6.03. The molecule has 0 spiro atoms. The number of aliphatic hydroxyl groups is 1. The van der Waals surface area contributed by atoms with E-state index in [9.17, 15) is 4.39 Å². The lowest BCUT2D eigenvalue weighted by Crippen LogP contribution is -2.26. The summed E-state index contributed by atoms with van der Waals surface area (Å²) in [5.41, 5.74) is 2.19. The van der Waals surface area contributed by atoms with Gasteiger partial charge in [-0.05, 0) is 50.3 Å². The number of carbonyl (C=O) groups is 1. The van der Waals surface area contributed by atoms with Crippen LogP contribution in [0, 0.1) is 0 Å². The summed E-state index contributed by atoms with van der Waals surface area (Å²) in [6, 6.07) is 7.44. The smallest absolute Gasteiger partial charge is 0.146 e. The molecule has 0 saturated carbocycles. The average Bonchev–Trinajstić information content (AvgIpc) is 3.21. The molecule has 0 fully saturated rings. The van der Waals surface area contributed by atoms with Gasteiger partial charge in [0, 0.05) is 42.3 Å². The van der Waals surface area contributed by atoms with Gasteiger partial charge < -0.3 is 20.0 Å². The number of pyridine rings is 1. The molecule has 1 aliphatic heterocycles. The van der Waals surface area contributed by atoms with Gasteiger partial charge in [0.15, 0.2) is 0 Å². The Hall–Kier alpha value is -2.94. The molecule has 35 heavy (non-hydrogen) atoms. The molecule has 0 amide bonds. The monoisotopic (exact) mass is 519 g/mol. The van der Waals surface area contributed by atoms with Crippen molar-refractivity contribution in [1.82, 2.24) is 10.3 Å². The Morgan fingerprint density at radius 3 is 2.74 bits per heavy atom. The van der Waals surface area contributed by atoms with Crippen LogP contribution in [0.25, 0.3) is 10.9 Å². The highest BCUT2D eigenvalue weighted by molar-refractivity contribution is 8.14. The van der Waals surface area contributed by atoms with Crippen LogP contribution in [0.15, 0.2) is 84.1 Å². The fourth-order valence-corrected chi connectivity index (χ4v) is 4.54. The normalized spacial score (nSPS) is 17.1. The number of hydrogen-bond donors (Lipinski definition) is 2. The Morgan fingerprint density at radius 2 is 2.06 bits per heavy atom. The highest BCUT2D eigenvalue weighted by atomic mass is 35.5. The minimum Gasteiger partial charge on any atom is -0.484 e. The summed E-state index contributed by atoms with van der Waals surface area (Å²) in [7, 11) is 1.00.